The molecular formula is C14H14O3. The smallest absolute Gasteiger partial charge is 0.333 e. The molecule has 0 spiro atoms. The van der Waals surface area contributed by atoms with Crippen molar-refractivity contribution < 1.29 is 14.6 Å². The fourth-order valence-corrected chi connectivity index (χ4v) is 1.74. The van der Waals surface area contributed by atoms with E-state index in [4.69, 9.17) is 4.74 Å². The highest BCUT2D eigenvalue weighted by Crippen LogP contribution is 2.29. The molecular weight excluding hydrogens is 216 g/mol. The summed E-state index contributed by atoms with van der Waals surface area (Å²) in [5.74, 6) is -0.488. The van der Waals surface area contributed by atoms with Crippen LogP contribution >= 0.6 is 0 Å². The Morgan fingerprint density at radius 2 is 2.12 bits per heavy atom. The van der Waals surface area contributed by atoms with Crippen LogP contribution in [-0.2, 0) is 9.53 Å². The minimum Gasteiger partial charge on any atom is -0.452 e. The topological polar surface area (TPSA) is 46.5 Å². The van der Waals surface area contributed by atoms with E-state index in [-0.39, 0.29) is 0 Å². The average Bonchev–Trinajstić information content (AvgIpc) is 2.33. The maximum Gasteiger partial charge on any atom is 0.333 e. The minimum atomic E-state index is -0.820. The summed E-state index contributed by atoms with van der Waals surface area (Å²) < 4.78 is 5.15. The molecule has 3 heteroatoms. The zero-order valence-corrected chi connectivity index (χ0v) is 9.59. The monoisotopic (exact) mass is 230 g/mol. The molecule has 0 saturated carbocycles. The van der Waals surface area contributed by atoms with Crippen molar-refractivity contribution in [2.24, 2.45) is 0 Å². The SMILES string of the molecule is C=C(C)C(=O)O[C@@H]1C=Cc2ccccc2[C@H]1O. The van der Waals surface area contributed by atoms with Gasteiger partial charge in [0.25, 0.3) is 0 Å². The number of esters is 1. The first-order chi connectivity index (χ1) is 8.09. The number of aliphatic hydroxyl groups excluding tert-OH is 1. The van der Waals surface area contributed by atoms with Crippen LogP contribution in [0.1, 0.15) is 24.2 Å². The first-order valence-electron chi connectivity index (χ1n) is 5.41. The fraction of sp³-hybridized carbons (Fsp3) is 0.214. The van der Waals surface area contributed by atoms with Gasteiger partial charge in [-0.3, -0.25) is 0 Å². The second-order valence-electron chi connectivity index (χ2n) is 4.08. The highest BCUT2D eigenvalue weighted by Gasteiger charge is 2.27. The van der Waals surface area contributed by atoms with Crippen molar-refractivity contribution in [1.82, 2.24) is 0 Å². The van der Waals surface area contributed by atoms with E-state index < -0.39 is 18.2 Å². The Hall–Kier alpha value is -1.87. The Morgan fingerprint density at radius 3 is 2.82 bits per heavy atom. The predicted octanol–water partition coefficient (Wildman–Crippen LogP) is 2.23. The number of carbonyl (C=O) groups excluding carboxylic acids is 1. The van der Waals surface area contributed by atoms with Crippen LogP contribution < -0.4 is 0 Å². The van der Waals surface area contributed by atoms with E-state index in [0.29, 0.717) is 5.57 Å². The van der Waals surface area contributed by atoms with Gasteiger partial charge >= 0.3 is 5.97 Å². The molecule has 1 N–H and O–H groups in total. The second-order valence-corrected chi connectivity index (χ2v) is 4.08. The van der Waals surface area contributed by atoms with Gasteiger partial charge in [0.2, 0.25) is 0 Å². The Labute approximate surface area is 100 Å². The van der Waals surface area contributed by atoms with E-state index in [1.807, 2.05) is 30.3 Å². The van der Waals surface area contributed by atoms with Crippen molar-refractivity contribution in [2.75, 3.05) is 0 Å². The summed E-state index contributed by atoms with van der Waals surface area (Å²) in [6.45, 7) is 5.09. The number of hydrogen-bond acceptors (Lipinski definition) is 3. The summed E-state index contributed by atoms with van der Waals surface area (Å²) in [7, 11) is 0. The van der Waals surface area contributed by atoms with Gasteiger partial charge in [0, 0.05) is 5.57 Å². The lowest BCUT2D eigenvalue weighted by Gasteiger charge is -2.25. The maximum absolute atomic E-state index is 11.4. The predicted molar refractivity (Wildman–Crippen MR) is 65.1 cm³/mol. The summed E-state index contributed by atoms with van der Waals surface area (Å²) in [6, 6.07) is 7.48. The molecule has 1 aliphatic rings. The molecule has 0 aliphatic heterocycles. The number of fused-ring (bicyclic) bond motifs is 1. The van der Waals surface area contributed by atoms with E-state index >= 15 is 0 Å². The molecule has 0 saturated heterocycles. The highest BCUT2D eigenvalue weighted by molar-refractivity contribution is 5.87. The van der Waals surface area contributed by atoms with Gasteiger partial charge in [0.05, 0.1) is 0 Å². The molecule has 88 valence electrons. The van der Waals surface area contributed by atoms with Gasteiger partial charge in [-0.2, -0.15) is 0 Å². The Balaban J connectivity index is 2.20. The van der Waals surface area contributed by atoms with Gasteiger partial charge < -0.3 is 9.84 Å². The fourth-order valence-electron chi connectivity index (χ4n) is 1.74. The van der Waals surface area contributed by atoms with E-state index in [2.05, 4.69) is 6.58 Å². The van der Waals surface area contributed by atoms with Crippen LogP contribution in [-0.4, -0.2) is 17.2 Å². The third-order valence-electron chi connectivity index (χ3n) is 2.68. The Kier molecular flexibility index (Phi) is 3.11. The van der Waals surface area contributed by atoms with Crippen LogP contribution in [0.5, 0.6) is 0 Å². The van der Waals surface area contributed by atoms with Gasteiger partial charge in [-0.15, -0.1) is 0 Å². The molecule has 0 radical (unpaired) electrons. The van der Waals surface area contributed by atoms with Crippen molar-refractivity contribution >= 4 is 12.0 Å². The van der Waals surface area contributed by atoms with Crippen LogP contribution in [0.25, 0.3) is 6.08 Å². The number of aliphatic hydroxyl groups is 1. The van der Waals surface area contributed by atoms with Crippen LogP contribution in [0.4, 0.5) is 0 Å². The second kappa shape index (κ2) is 4.55. The highest BCUT2D eigenvalue weighted by atomic mass is 16.6. The normalized spacial score (nSPS) is 21.8. The third-order valence-corrected chi connectivity index (χ3v) is 2.68. The summed E-state index contributed by atoms with van der Waals surface area (Å²) in [5, 5.41) is 10.1. The van der Waals surface area contributed by atoms with Gasteiger partial charge in [0.1, 0.15) is 6.10 Å². The van der Waals surface area contributed by atoms with E-state index in [1.54, 1.807) is 13.0 Å². The molecule has 2 rings (SSSR count). The van der Waals surface area contributed by atoms with Crippen molar-refractivity contribution in [2.45, 2.75) is 19.1 Å². The van der Waals surface area contributed by atoms with Crippen LogP contribution in [0.15, 0.2) is 42.5 Å². The number of carbonyl (C=O) groups is 1. The van der Waals surface area contributed by atoms with E-state index in [1.165, 1.54) is 0 Å². The largest absolute Gasteiger partial charge is 0.452 e. The first kappa shape index (κ1) is 11.6. The van der Waals surface area contributed by atoms with Crippen LogP contribution in [0.2, 0.25) is 0 Å². The van der Waals surface area contributed by atoms with Crippen molar-refractivity contribution in [1.29, 1.82) is 0 Å². The summed E-state index contributed by atoms with van der Waals surface area (Å²) in [4.78, 5) is 11.4. The number of hydrogen-bond donors (Lipinski definition) is 1. The standard InChI is InChI=1S/C14H14O3/c1-9(2)14(16)17-12-8-7-10-5-3-4-6-11(10)13(12)15/h3-8,12-13,15H,1H2,2H3/t12-,13-/m1/s1. The summed E-state index contributed by atoms with van der Waals surface area (Å²) >= 11 is 0. The van der Waals surface area contributed by atoms with E-state index in [0.717, 1.165) is 11.1 Å². The zero-order valence-electron chi connectivity index (χ0n) is 9.59. The van der Waals surface area contributed by atoms with Crippen molar-refractivity contribution in [3.63, 3.8) is 0 Å². The van der Waals surface area contributed by atoms with Gasteiger partial charge in [-0.25, -0.2) is 4.79 Å². The lowest BCUT2D eigenvalue weighted by molar-refractivity contribution is -0.147. The lowest BCUT2D eigenvalue weighted by atomic mass is 9.93. The molecule has 0 aromatic heterocycles. The molecule has 3 nitrogen and oxygen atoms in total. The molecule has 0 unspecified atom stereocenters. The van der Waals surface area contributed by atoms with Crippen LogP contribution in [0.3, 0.4) is 0 Å². The lowest BCUT2D eigenvalue weighted by Crippen LogP contribution is -2.26. The summed E-state index contributed by atoms with van der Waals surface area (Å²) in [5.41, 5.74) is 2.04. The molecule has 1 aromatic rings. The minimum absolute atomic E-state index is 0.324. The van der Waals surface area contributed by atoms with Gasteiger partial charge in [-0.1, -0.05) is 36.9 Å². The molecule has 0 heterocycles. The average molecular weight is 230 g/mol. The van der Waals surface area contributed by atoms with Gasteiger partial charge in [0.15, 0.2) is 6.10 Å². The molecule has 0 amide bonds. The first-order valence-corrected chi connectivity index (χ1v) is 5.41. The Bertz CT molecular complexity index is 488. The third kappa shape index (κ3) is 2.29. The van der Waals surface area contributed by atoms with Crippen molar-refractivity contribution in [3.8, 4) is 0 Å². The number of ether oxygens (including phenoxy) is 1. The molecule has 1 aliphatic carbocycles. The molecule has 2 atom stereocenters. The molecule has 17 heavy (non-hydrogen) atoms. The van der Waals surface area contributed by atoms with Gasteiger partial charge in [-0.05, 0) is 24.1 Å². The summed E-state index contributed by atoms with van der Waals surface area (Å²) in [6.07, 6.45) is 2.07. The molecule has 0 fully saturated rings. The molecule has 0 bridgehead atoms. The quantitative estimate of drug-likeness (QED) is 0.626. The number of benzene rings is 1. The molecule has 1 aromatic carbocycles. The Morgan fingerprint density at radius 1 is 1.41 bits per heavy atom. The zero-order chi connectivity index (χ0) is 12.4. The van der Waals surface area contributed by atoms with Crippen LogP contribution in [0, 0.1) is 0 Å². The number of rotatable bonds is 2. The maximum atomic E-state index is 11.4. The van der Waals surface area contributed by atoms with E-state index in [9.17, 15) is 9.90 Å². The van der Waals surface area contributed by atoms with Crippen molar-refractivity contribution in [3.05, 3.63) is 53.6 Å².